The molecule has 0 spiro atoms. The molecule has 0 aromatic heterocycles. The molecule has 1 aromatic rings. The zero-order valence-electron chi connectivity index (χ0n) is 8.07. The number of rotatable bonds is 0. The van der Waals surface area contributed by atoms with Crippen LogP contribution in [0.5, 0.6) is 0 Å². The van der Waals surface area contributed by atoms with E-state index in [0.717, 1.165) is 12.1 Å². The van der Waals surface area contributed by atoms with Crippen LogP contribution >= 0.6 is 0 Å². The summed E-state index contributed by atoms with van der Waals surface area (Å²) in [7, 11) is 0. The molecular weight excluding hydrogens is 184 g/mol. The Morgan fingerprint density at radius 3 is 2.50 bits per heavy atom. The minimum atomic E-state index is -0.517. The van der Waals surface area contributed by atoms with E-state index in [0.29, 0.717) is 0 Å². The van der Waals surface area contributed by atoms with Crippen molar-refractivity contribution in [1.29, 1.82) is 0 Å². The highest BCUT2D eigenvalue weighted by Gasteiger charge is 2.04. The Morgan fingerprint density at radius 2 is 1.93 bits per heavy atom. The van der Waals surface area contributed by atoms with Crippen LogP contribution in [0.3, 0.4) is 0 Å². The largest absolute Gasteiger partial charge is 0.318 e. The Hall–Kier alpha value is -1.40. The van der Waals surface area contributed by atoms with Gasteiger partial charge in [-0.3, -0.25) is 0 Å². The maximum Gasteiger partial charge on any atom is 0.139 e. The quantitative estimate of drug-likeness (QED) is 0.629. The van der Waals surface area contributed by atoms with E-state index in [4.69, 9.17) is 5.73 Å². The third-order valence-electron chi connectivity index (χ3n) is 1.68. The second-order valence-electron chi connectivity index (χ2n) is 3.14. The van der Waals surface area contributed by atoms with Crippen molar-refractivity contribution >= 4 is 0 Å². The van der Waals surface area contributed by atoms with E-state index in [2.05, 4.69) is 11.8 Å². The third kappa shape index (κ3) is 2.54. The van der Waals surface area contributed by atoms with Crippen LogP contribution in [-0.4, -0.2) is 6.04 Å². The van der Waals surface area contributed by atoms with Gasteiger partial charge in [0.25, 0.3) is 0 Å². The van der Waals surface area contributed by atoms with Gasteiger partial charge in [-0.15, -0.1) is 0 Å². The number of halogens is 2. The van der Waals surface area contributed by atoms with Gasteiger partial charge in [-0.2, -0.15) is 0 Å². The first kappa shape index (κ1) is 10.7. The minimum absolute atomic E-state index is 0.0467. The molecule has 0 aliphatic rings. The molecule has 3 heteroatoms. The van der Waals surface area contributed by atoms with Crippen molar-refractivity contribution in [2.24, 2.45) is 5.73 Å². The fraction of sp³-hybridized carbons (Fsp3) is 0.273. The second-order valence-corrected chi connectivity index (χ2v) is 3.14. The Labute approximate surface area is 81.9 Å². The summed E-state index contributed by atoms with van der Waals surface area (Å²) in [6.07, 6.45) is 0. The summed E-state index contributed by atoms with van der Waals surface area (Å²) < 4.78 is 26.2. The molecule has 0 aliphatic carbocycles. The first-order valence-electron chi connectivity index (χ1n) is 4.23. The normalized spacial score (nSPS) is 11.8. The van der Waals surface area contributed by atoms with E-state index in [9.17, 15) is 8.78 Å². The highest BCUT2D eigenvalue weighted by molar-refractivity contribution is 5.38. The Morgan fingerprint density at radius 1 is 1.29 bits per heavy atom. The van der Waals surface area contributed by atoms with Crippen LogP contribution in [0.4, 0.5) is 8.78 Å². The monoisotopic (exact) mass is 195 g/mol. The molecule has 1 unspecified atom stereocenters. The van der Waals surface area contributed by atoms with Gasteiger partial charge in [-0.25, -0.2) is 8.78 Å². The second kappa shape index (κ2) is 4.21. The standard InChI is InChI=1S/C11H11F2N/c1-7-5-11(13)9(6-10(7)12)4-3-8(2)14/h5-6,8H,14H2,1-2H3. The van der Waals surface area contributed by atoms with Crippen LogP contribution in [0.25, 0.3) is 0 Å². The van der Waals surface area contributed by atoms with Gasteiger partial charge in [0.2, 0.25) is 0 Å². The third-order valence-corrected chi connectivity index (χ3v) is 1.68. The van der Waals surface area contributed by atoms with Crippen molar-refractivity contribution < 1.29 is 8.78 Å². The van der Waals surface area contributed by atoms with Crippen LogP contribution in [0.15, 0.2) is 12.1 Å². The molecule has 0 amide bonds. The van der Waals surface area contributed by atoms with Crippen molar-refractivity contribution in [3.05, 3.63) is 34.9 Å². The predicted molar refractivity (Wildman–Crippen MR) is 51.6 cm³/mol. The summed E-state index contributed by atoms with van der Waals surface area (Å²) in [5.41, 5.74) is 5.69. The van der Waals surface area contributed by atoms with Crippen LogP contribution in [0.1, 0.15) is 18.1 Å². The molecule has 0 saturated heterocycles. The first-order valence-corrected chi connectivity index (χ1v) is 4.23. The average Bonchev–Trinajstić information content (AvgIpc) is 2.09. The van der Waals surface area contributed by atoms with Gasteiger partial charge < -0.3 is 5.73 Å². The lowest BCUT2D eigenvalue weighted by Gasteiger charge is -1.99. The van der Waals surface area contributed by atoms with Gasteiger partial charge >= 0.3 is 0 Å². The minimum Gasteiger partial charge on any atom is -0.318 e. The maximum atomic E-state index is 13.2. The SMILES string of the molecule is Cc1cc(F)c(C#CC(C)N)cc1F. The van der Waals surface area contributed by atoms with E-state index in [1.807, 2.05) is 0 Å². The molecule has 1 atom stereocenters. The lowest BCUT2D eigenvalue weighted by Crippen LogP contribution is -2.11. The molecule has 0 saturated carbocycles. The number of nitrogens with two attached hydrogens (primary N) is 1. The van der Waals surface area contributed by atoms with Crippen molar-refractivity contribution in [2.75, 3.05) is 0 Å². The van der Waals surface area contributed by atoms with Crippen molar-refractivity contribution in [2.45, 2.75) is 19.9 Å². The van der Waals surface area contributed by atoms with Crippen LogP contribution < -0.4 is 5.73 Å². The lowest BCUT2D eigenvalue weighted by molar-refractivity contribution is 0.589. The fourth-order valence-electron chi connectivity index (χ4n) is 0.934. The summed E-state index contributed by atoms with van der Waals surface area (Å²) in [4.78, 5) is 0. The Kier molecular flexibility index (Phi) is 3.21. The smallest absolute Gasteiger partial charge is 0.139 e. The molecule has 1 aromatic carbocycles. The van der Waals surface area contributed by atoms with Crippen molar-refractivity contribution in [3.8, 4) is 11.8 Å². The maximum absolute atomic E-state index is 13.2. The number of benzene rings is 1. The molecule has 0 fully saturated rings. The number of hydrogen-bond donors (Lipinski definition) is 1. The zero-order chi connectivity index (χ0) is 10.7. The first-order chi connectivity index (χ1) is 6.50. The topological polar surface area (TPSA) is 26.0 Å². The number of hydrogen-bond acceptors (Lipinski definition) is 1. The summed E-state index contributed by atoms with van der Waals surface area (Å²) in [5, 5.41) is 0. The molecule has 0 radical (unpaired) electrons. The molecular formula is C11H11F2N. The highest BCUT2D eigenvalue weighted by atomic mass is 19.1. The van der Waals surface area contributed by atoms with E-state index >= 15 is 0 Å². The molecule has 14 heavy (non-hydrogen) atoms. The molecule has 74 valence electrons. The van der Waals surface area contributed by atoms with Crippen molar-refractivity contribution in [3.63, 3.8) is 0 Å². The van der Waals surface area contributed by atoms with Gasteiger partial charge in [0, 0.05) is 0 Å². The molecule has 0 heterocycles. The Bertz CT molecular complexity index is 400. The van der Waals surface area contributed by atoms with Crippen LogP contribution in [0.2, 0.25) is 0 Å². The fourth-order valence-corrected chi connectivity index (χ4v) is 0.934. The summed E-state index contributed by atoms with van der Waals surface area (Å²) in [6.45, 7) is 3.18. The molecule has 1 rings (SSSR count). The summed E-state index contributed by atoms with van der Waals surface area (Å²) in [5.74, 6) is 4.09. The number of aryl methyl sites for hydroxylation is 1. The Balaban J connectivity index is 3.12. The molecule has 1 nitrogen and oxygen atoms in total. The van der Waals surface area contributed by atoms with Crippen molar-refractivity contribution in [1.82, 2.24) is 0 Å². The summed E-state index contributed by atoms with van der Waals surface area (Å²) >= 11 is 0. The van der Waals surface area contributed by atoms with E-state index < -0.39 is 11.6 Å². The van der Waals surface area contributed by atoms with Gasteiger partial charge in [0.15, 0.2) is 0 Å². The van der Waals surface area contributed by atoms with Crippen LogP contribution in [0, 0.1) is 30.4 Å². The molecule has 0 bridgehead atoms. The van der Waals surface area contributed by atoms with Gasteiger partial charge in [0.1, 0.15) is 11.6 Å². The van der Waals surface area contributed by atoms with Crippen LogP contribution in [-0.2, 0) is 0 Å². The van der Waals surface area contributed by atoms with Gasteiger partial charge in [-0.1, -0.05) is 11.8 Å². The van der Waals surface area contributed by atoms with Gasteiger partial charge in [-0.05, 0) is 31.5 Å². The van der Waals surface area contributed by atoms with E-state index in [1.165, 1.54) is 6.92 Å². The van der Waals surface area contributed by atoms with Gasteiger partial charge in [0.05, 0.1) is 11.6 Å². The van der Waals surface area contributed by atoms with E-state index in [-0.39, 0.29) is 17.2 Å². The highest BCUT2D eigenvalue weighted by Crippen LogP contribution is 2.12. The predicted octanol–water partition coefficient (Wildman–Crippen LogP) is 1.97. The molecule has 2 N–H and O–H groups in total. The van der Waals surface area contributed by atoms with E-state index in [1.54, 1.807) is 6.92 Å². The zero-order valence-corrected chi connectivity index (χ0v) is 8.07. The molecule has 0 aliphatic heterocycles. The lowest BCUT2D eigenvalue weighted by atomic mass is 10.1. The summed E-state index contributed by atoms with van der Waals surface area (Å²) in [6, 6.07) is 1.86. The average molecular weight is 195 g/mol.